The third kappa shape index (κ3) is 8.79. The van der Waals surface area contributed by atoms with Gasteiger partial charge < -0.3 is 0 Å². The lowest BCUT2D eigenvalue weighted by atomic mass is 9.58. The van der Waals surface area contributed by atoms with E-state index in [4.69, 9.17) is 0 Å². The van der Waals surface area contributed by atoms with E-state index in [-0.39, 0.29) is 43.3 Å². The minimum Gasteiger partial charge on any atom is -0.0581 e. The van der Waals surface area contributed by atoms with Gasteiger partial charge in [-0.3, -0.25) is 0 Å². The first-order chi connectivity index (χ1) is 20.4. The zero-order chi connectivity index (χ0) is 37.5. The molecule has 0 aliphatic heterocycles. The molecule has 0 bridgehead atoms. The molecule has 0 amide bonds. The van der Waals surface area contributed by atoms with E-state index in [9.17, 15) is 0 Å². The molecule has 0 saturated carbocycles. The molecule has 1 atom stereocenters. The second kappa shape index (κ2) is 12.3. The van der Waals surface area contributed by atoms with Gasteiger partial charge in [0.25, 0.3) is 0 Å². The standard InChI is InChI=1S/C47H80/c1-29(30-26-27-32(40(2,3)4)36(44(14,15)16)33(30)41(5,6)7)28-31-34(42(8,9)10)37(45(17,18)19)39(47(23,24)25)38(46(20,21)22)35(31)43(11,12)13/h26-27,29H,28H2,1-25H3. The van der Waals surface area contributed by atoms with Crippen molar-refractivity contribution < 1.29 is 0 Å². The van der Waals surface area contributed by atoms with Crippen LogP contribution >= 0.6 is 0 Å². The zero-order valence-electron chi connectivity index (χ0n) is 36.4. The molecule has 2 aromatic carbocycles. The summed E-state index contributed by atoms with van der Waals surface area (Å²) in [7, 11) is 0. The normalized spacial score (nSPS) is 15.3. The molecule has 0 N–H and O–H groups in total. The summed E-state index contributed by atoms with van der Waals surface area (Å²) < 4.78 is 0. The molecule has 0 spiro atoms. The van der Waals surface area contributed by atoms with Gasteiger partial charge in [0.2, 0.25) is 0 Å². The SMILES string of the molecule is CC(Cc1c(C(C)(C)C)c(C(C)(C)C)c(C(C)(C)C)c(C(C)(C)C)c1C(C)(C)C)c1ccc(C(C)(C)C)c(C(C)(C)C)c1C(C)(C)C. The topological polar surface area (TPSA) is 0 Å². The molecular weight excluding hydrogens is 565 g/mol. The number of rotatable bonds is 3. The molecule has 2 aromatic rings. The molecule has 0 aliphatic rings. The predicted octanol–water partition coefficient (Wildman–Crippen LogP) is 14.4. The van der Waals surface area contributed by atoms with E-state index >= 15 is 0 Å². The van der Waals surface area contributed by atoms with Crippen LogP contribution in [0.4, 0.5) is 0 Å². The van der Waals surface area contributed by atoms with Crippen molar-refractivity contribution in [1.29, 1.82) is 0 Å². The summed E-state index contributed by atoms with van der Waals surface area (Å²) in [6.45, 7) is 61.2. The van der Waals surface area contributed by atoms with Crippen molar-refractivity contribution in [3.63, 3.8) is 0 Å². The van der Waals surface area contributed by atoms with E-state index in [0.29, 0.717) is 5.92 Å². The van der Waals surface area contributed by atoms with Gasteiger partial charge in [-0.2, -0.15) is 0 Å². The van der Waals surface area contributed by atoms with Crippen LogP contribution in [0.25, 0.3) is 0 Å². The Balaban J connectivity index is 3.38. The fraction of sp³-hybridized carbons (Fsp3) is 0.745. The fourth-order valence-corrected chi connectivity index (χ4v) is 8.57. The number of benzene rings is 2. The predicted molar refractivity (Wildman–Crippen MR) is 215 cm³/mol. The number of hydrogen-bond acceptors (Lipinski definition) is 0. The van der Waals surface area contributed by atoms with E-state index in [1.165, 1.54) is 11.1 Å². The maximum atomic E-state index is 2.53. The Hall–Kier alpha value is -1.56. The lowest BCUT2D eigenvalue weighted by molar-refractivity contribution is 0.451. The molecule has 0 fully saturated rings. The summed E-state index contributed by atoms with van der Waals surface area (Å²) in [5, 5.41) is 0. The van der Waals surface area contributed by atoms with Crippen LogP contribution in [0.2, 0.25) is 0 Å². The van der Waals surface area contributed by atoms with Gasteiger partial charge in [-0.05, 0) is 111 Å². The van der Waals surface area contributed by atoms with Crippen LogP contribution in [0.3, 0.4) is 0 Å². The summed E-state index contributed by atoms with van der Waals surface area (Å²) in [6, 6.07) is 5.01. The smallest absolute Gasteiger partial charge is 0.0126 e. The van der Waals surface area contributed by atoms with Crippen molar-refractivity contribution in [1.82, 2.24) is 0 Å². The van der Waals surface area contributed by atoms with Gasteiger partial charge in [0.15, 0.2) is 0 Å². The van der Waals surface area contributed by atoms with Crippen molar-refractivity contribution in [2.75, 3.05) is 0 Å². The van der Waals surface area contributed by atoms with Gasteiger partial charge >= 0.3 is 0 Å². The van der Waals surface area contributed by atoms with Crippen LogP contribution in [-0.2, 0) is 49.7 Å². The fourth-order valence-electron chi connectivity index (χ4n) is 8.57. The van der Waals surface area contributed by atoms with Crippen LogP contribution in [0.5, 0.6) is 0 Å². The van der Waals surface area contributed by atoms with Crippen LogP contribution in [0.1, 0.15) is 235 Å². The van der Waals surface area contributed by atoms with Crippen LogP contribution in [-0.4, -0.2) is 0 Å². The maximum Gasteiger partial charge on any atom is -0.0126 e. The largest absolute Gasteiger partial charge is 0.0581 e. The first-order valence-corrected chi connectivity index (χ1v) is 18.8. The quantitative estimate of drug-likeness (QED) is 0.312. The van der Waals surface area contributed by atoms with Crippen molar-refractivity contribution in [3.8, 4) is 0 Å². The highest BCUT2D eigenvalue weighted by Crippen LogP contribution is 2.53. The van der Waals surface area contributed by atoms with Gasteiger partial charge in [0, 0.05) is 0 Å². The summed E-state index contributed by atoms with van der Waals surface area (Å²) in [4.78, 5) is 0. The second-order valence-corrected chi connectivity index (χ2v) is 23.4. The third-order valence-corrected chi connectivity index (χ3v) is 9.94. The van der Waals surface area contributed by atoms with E-state index in [0.717, 1.165) is 6.42 Å². The molecule has 1 unspecified atom stereocenters. The molecule has 0 heterocycles. The second-order valence-electron chi connectivity index (χ2n) is 23.4. The van der Waals surface area contributed by atoms with Crippen LogP contribution in [0.15, 0.2) is 12.1 Å². The van der Waals surface area contributed by atoms with Crippen molar-refractivity contribution in [3.05, 3.63) is 67.8 Å². The molecule has 0 radical (unpaired) electrons. The summed E-state index contributed by atoms with van der Waals surface area (Å²) >= 11 is 0. The van der Waals surface area contributed by atoms with Gasteiger partial charge in [0.05, 0.1) is 0 Å². The molecule has 0 heteroatoms. The summed E-state index contributed by atoms with van der Waals surface area (Å²) in [5.41, 5.74) is 15.9. The highest BCUT2D eigenvalue weighted by molar-refractivity contribution is 5.63. The van der Waals surface area contributed by atoms with Crippen molar-refractivity contribution in [2.24, 2.45) is 0 Å². The summed E-state index contributed by atoms with van der Waals surface area (Å²) in [5.74, 6) is 0.364. The van der Waals surface area contributed by atoms with Gasteiger partial charge in [0.1, 0.15) is 0 Å². The van der Waals surface area contributed by atoms with Crippen LogP contribution < -0.4 is 0 Å². The molecule has 0 aliphatic carbocycles. The molecule has 0 nitrogen and oxygen atoms in total. The average molecular weight is 645 g/mol. The Morgan fingerprint density at radius 2 is 0.617 bits per heavy atom. The van der Waals surface area contributed by atoms with E-state index < -0.39 is 0 Å². The van der Waals surface area contributed by atoms with E-state index in [2.05, 4.69) is 185 Å². The highest BCUT2D eigenvalue weighted by atomic mass is 14.5. The summed E-state index contributed by atoms with van der Waals surface area (Å²) in [6.07, 6.45) is 1.04. The minimum absolute atomic E-state index is 0.00393. The van der Waals surface area contributed by atoms with Crippen LogP contribution in [0, 0.1) is 0 Å². The minimum atomic E-state index is -0.00635. The van der Waals surface area contributed by atoms with Crippen molar-refractivity contribution >= 4 is 0 Å². The first-order valence-electron chi connectivity index (χ1n) is 18.8. The Morgan fingerprint density at radius 1 is 0.340 bits per heavy atom. The third-order valence-electron chi connectivity index (χ3n) is 9.94. The molecule has 0 saturated heterocycles. The van der Waals surface area contributed by atoms with Gasteiger partial charge in [-0.1, -0.05) is 185 Å². The first kappa shape index (κ1) is 41.6. The molecule has 0 aromatic heterocycles. The molecule has 47 heavy (non-hydrogen) atoms. The lowest BCUT2D eigenvalue weighted by Gasteiger charge is -2.46. The Kier molecular flexibility index (Phi) is 10.9. The highest BCUT2D eigenvalue weighted by Gasteiger charge is 2.43. The lowest BCUT2D eigenvalue weighted by Crippen LogP contribution is -2.37. The number of hydrogen-bond donors (Lipinski definition) is 0. The van der Waals surface area contributed by atoms with Gasteiger partial charge in [-0.15, -0.1) is 0 Å². The van der Waals surface area contributed by atoms with Gasteiger partial charge in [-0.25, -0.2) is 0 Å². The molecule has 2 rings (SSSR count). The average Bonchev–Trinajstić information content (AvgIpc) is 2.76. The monoisotopic (exact) mass is 645 g/mol. The molecule has 268 valence electrons. The maximum absolute atomic E-state index is 2.53. The van der Waals surface area contributed by atoms with Crippen molar-refractivity contribution in [2.45, 2.75) is 229 Å². The zero-order valence-corrected chi connectivity index (χ0v) is 36.4. The Bertz CT molecular complexity index is 1380. The van der Waals surface area contributed by atoms with E-state index in [1.54, 1.807) is 44.5 Å². The van der Waals surface area contributed by atoms with E-state index in [1.807, 2.05) is 0 Å². The Labute approximate surface area is 295 Å². The Morgan fingerprint density at radius 3 is 0.872 bits per heavy atom. The molecular formula is C47H80.